The van der Waals surface area contributed by atoms with E-state index in [0.717, 1.165) is 10.9 Å². The maximum Gasteiger partial charge on any atom is 0.252 e. The molecular formula is C11H8N2O. The lowest BCUT2D eigenvalue weighted by Gasteiger charge is -1.98. The van der Waals surface area contributed by atoms with Crippen LogP contribution in [0.4, 0.5) is 0 Å². The highest BCUT2D eigenvalue weighted by Gasteiger charge is 2.00. The highest BCUT2D eigenvalue weighted by Crippen LogP contribution is 2.09. The van der Waals surface area contributed by atoms with Gasteiger partial charge in [0.15, 0.2) is 0 Å². The average Bonchev–Trinajstić information content (AvgIpc) is 2.19. The van der Waals surface area contributed by atoms with E-state index in [0.29, 0.717) is 5.56 Å². The Kier molecular flexibility index (Phi) is 2.04. The van der Waals surface area contributed by atoms with Gasteiger partial charge in [-0.25, -0.2) is 0 Å². The number of hydrogen-bond donors (Lipinski definition) is 1. The van der Waals surface area contributed by atoms with Crippen LogP contribution in [0.1, 0.15) is 5.56 Å². The van der Waals surface area contributed by atoms with E-state index < -0.39 is 0 Å². The Hall–Kier alpha value is -2.08. The fraction of sp³-hybridized carbons (Fsp3) is 0.0909. The third-order valence-corrected chi connectivity index (χ3v) is 2.10. The van der Waals surface area contributed by atoms with E-state index in [1.807, 2.05) is 30.3 Å². The molecule has 0 aliphatic carbocycles. The van der Waals surface area contributed by atoms with E-state index >= 15 is 0 Å². The summed E-state index contributed by atoms with van der Waals surface area (Å²) in [6.07, 6.45) is 0.153. The number of aromatic amines is 1. The lowest BCUT2D eigenvalue weighted by atomic mass is 10.1. The SMILES string of the molecule is N#CCc1cc2ccccc2[nH]c1=O. The van der Waals surface area contributed by atoms with Crippen molar-refractivity contribution < 1.29 is 0 Å². The number of nitrogens with one attached hydrogen (secondary N) is 1. The number of rotatable bonds is 1. The van der Waals surface area contributed by atoms with Gasteiger partial charge < -0.3 is 4.98 Å². The lowest BCUT2D eigenvalue weighted by Crippen LogP contribution is -2.11. The van der Waals surface area contributed by atoms with Gasteiger partial charge in [0.25, 0.3) is 5.56 Å². The highest BCUT2D eigenvalue weighted by molar-refractivity contribution is 5.78. The third kappa shape index (κ3) is 1.38. The number of H-pyrrole nitrogens is 1. The molecular weight excluding hydrogens is 176 g/mol. The second-order valence-corrected chi connectivity index (χ2v) is 3.05. The Morgan fingerprint density at radius 3 is 2.93 bits per heavy atom. The second kappa shape index (κ2) is 3.35. The van der Waals surface area contributed by atoms with Gasteiger partial charge in [-0.3, -0.25) is 4.79 Å². The molecule has 68 valence electrons. The van der Waals surface area contributed by atoms with E-state index in [2.05, 4.69) is 4.98 Å². The number of nitrogens with zero attached hydrogens (tertiary/aromatic N) is 1. The molecule has 0 atom stereocenters. The Bertz CT molecular complexity index is 563. The molecule has 0 aliphatic heterocycles. The quantitative estimate of drug-likeness (QED) is 0.731. The van der Waals surface area contributed by atoms with Gasteiger partial charge >= 0.3 is 0 Å². The molecule has 1 aromatic carbocycles. The molecule has 2 rings (SSSR count). The molecule has 0 aliphatic rings. The van der Waals surface area contributed by atoms with Crippen LogP contribution in [0.2, 0.25) is 0 Å². The van der Waals surface area contributed by atoms with Crippen LogP contribution in [-0.2, 0) is 6.42 Å². The second-order valence-electron chi connectivity index (χ2n) is 3.05. The van der Waals surface area contributed by atoms with Crippen molar-refractivity contribution in [1.29, 1.82) is 5.26 Å². The fourth-order valence-electron chi connectivity index (χ4n) is 1.41. The number of fused-ring (bicyclic) bond motifs is 1. The summed E-state index contributed by atoms with van der Waals surface area (Å²) in [5.74, 6) is 0. The first-order valence-corrected chi connectivity index (χ1v) is 4.29. The first-order valence-electron chi connectivity index (χ1n) is 4.29. The fourth-order valence-corrected chi connectivity index (χ4v) is 1.41. The molecule has 3 nitrogen and oxygen atoms in total. The van der Waals surface area contributed by atoms with E-state index in [-0.39, 0.29) is 12.0 Å². The highest BCUT2D eigenvalue weighted by atomic mass is 16.1. The Labute approximate surface area is 80.6 Å². The summed E-state index contributed by atoms with van der Waals surface area (Å²) >= 11 is 0. The van der Waals surface area contributed by atoms with Crippen molar-refractivity contribution in [3.05, 3.63) is 46.2 Å². The maximum atomic E-state index is 11.4. The van der Waals surface area contributed by atoms with Gasteiger partial charge in [0.1, 0.15) is 0 Å². The summed E-state index contributed by atoms with van der Waals surface area (Å²) in [7, 11) is 0. The number of nitriles is 1. The van der Waals surface area contributed by atoms with Crippen molar-refractivity contribution in [3.8, 4) is 6.07 Å². The van der Waals surface area contributed by atoms with E-state index in [9.17, 15) is 4.79 Å². The van der Waals surface area contributed by atoms with Crippen molar-refractivity contribution in [2.75, 3.05) is 0 Å². The Balaban J connectivity index is 2.72. The van der Waals surface area contributed by atoms with Crippen LogP contribution in [0.25, 0.3) is 10.9 Å². The normalized spacial score (nSPS) is 9.93. The van der Waals surface area contributed by atoms with Gasteiger partial charge in [-0.15, -0.1) is 0 Å². The van der Waals surface area contributed by atoms with Crippen LogP contribution >= 0.6 is 0 Å². The van der Waals surface area contributed by atoms with Gasteiger partial charge in [0, 0.05) is 11.1 Å². The topological polar surface area (TPSA) is 56.6 Å². The molecule has 14 heavy (non-hydrogen) atoms. The van der Waals surface area contributed by atoms with Gasteiger partial charge in [-0.1, -0.05) is 18.2 Å². The Morgan fingerprint density at radius 1 is 1.36 bits per heavy atom. The molecule has 1 heterocycles. The molecule has 3 heteroatoms. The molecule has 0 saturated carbocycles. The summed E-state index contributed by atoms with van der Waals surface area (Å²) in [5, 5.41) is 9.47. The minimum Gasteiger partial charge on any atom is -0.322 e. The van der Waals surface area contributed by atoms with Gasteiger partial charge in [0.05, 0.1) is 12.5 Å². The summed E-state index contributed by atoms with van der Waals surface area (Å²) in [6.45, 7) is 0. The van der Waals surface area contributed by atoms with Crippen molar-refractivity contribution in [2.24, 2.45) is 0 Å². The number of aromatic nitrogens is 1. The summed E-state index contributed by atoms with van der Waals surface area (Å²) in [5.41, 5.74) is 1.15. The summed E-state index contributed by atoms with van der Waals surface area (Å²) < 4.78 is 0. The molecule has 1 aromatic heterocycles. The smallest absolute Gasteiger partial charge is 0.252 e. The van der Waals surface area contributed by atoms with Crippen LogP contribution in [0, 0.1) is 11.3 Å². The number of hydrogen-bond acceptors (Lipinski definition) is 2. The van der Waals surface area contributed by atoms with Crippen LogP contribution in [0.3, 0.4) is 0 Å². The summed E-state index contributed by atoms with van der Waals surface area (Å²) in [6, 6.07) is 11.2. The monoisotopic (exact) mass is 184 g/mol. The average molecular weight is 184 g/mol. The van der Waals surface area contributed by atoms with Gasteiger partial charge in [0.2, 0.25) is 0 Å². The number of para-hydroxylation sites is 1. The van der Waals surface area contributed by atoms with Gasteiger partial charge in [-0.05, 0) is 17.5 Å². The molecule has 0 unspecified atom stereocenters. The molecule has 1 N–H and O–H groups in total. The standard InChI is InChI=1S/C11H8N2O/c12-6-5-9-7-8-3-1-2-4-10(8)13-11(9)14/h1-4,7H,5H2,(H,13,14). The molecule has 0 radical (unpaired) electrons. The summed E-state index contributed by atoms with van der Waals surface area (Å²) in [4.78, 5) is 14.2. The zero-order chi connectivity index (χ0) is 9.97. The zero-order valence-electron chi connectivity index (χ0n) is 7.45. The first-order chi connectivity index (χ1) is 6.81. The predicted octanol–water partition coefficient (Wildman–Crippen LogP) is 1.59. The van der Waals surface area contributed by atoms with Crippen LogP contribution < -0.4 is 5.56 Å². The van der Waals surface area contributed by atoms with Crippen LogP contribution in [0.5, 0.6) is 0 Å². The van der Waals surface area contributed by atoms with Crippen molar-refractivity contribution >= 4 is 10.9 Å². The molecule has 0 fully saturated rings. The predicted molar refractivity (Wildman–Crippen MR) is 53.9 cm³/mol. The zero-order valence-corrected chi connectivity index (χ0v) is 7.45. The number of benzene rings is 1. The Morgan fingerprint density at radius 2 is 2.14 bits per heavy atom. The minimum atomic E-state index is -0.176. The molecule has 0 amide bonds. The molecule has 0 bridgehead atoms. The number of pyridine rings is 1. The largest absolute Gasteiger partial charge is 0.322 e. The van der Waals surface area contributed by atoms with E-state index in [1.54, 1.807) is 6.07 Å². The van der Waals surface area contributed by atoms with Crippen LogP contribution in [0.15, 0.2) is 35.1 Å². The van der Waals surface area contributed by atoms with Crippen molar-refractivity contribution in [1.82, 2.24) is 4.98 Å². The maximum absolute atomic E-state index is 11.4. The molecule has 0 spiro atoms. The van der Waals surface area contributed by atoms with Crippen molar-refractivity contribution in [2.45, 2.75) is 6.42 Å². The lowest BCUT2D eigenvalue weighted by molar-refractivity contribution is 1.16. The van der Waals surface area contributed by atoms with Crippen molar-refractivity contribution in [3.63, 3.8) is 0 Å². The molecule has 0 saturated heterocycles. The van der Waals surface area contributed by atoms with Gasteiger partial charge in [-0.2, -0.15) is 5.26 Å². The third-order valence-electron chi connectivity index (χ3n) is 2.10. The van der Waals surface area contributed by atoms with E-state index in [4.69, 9.17) is 5.26 Å². The van der Waals surface area contributed by atoms with E-state index in [1.165, 1.54) is 0 Å². The first kappa shape index (κ1) is 8.52. The minimum absolute atomic E-state index is 0.153. The molecule has 2 aromatic rings. The van der Waals surface area contributed by atoms with Crippen LogP contribution in [-0.4, -0.2) is 4.98 Å².